The van der Waals surface area contributed by atoms with E-state index in [-0.39, 0.29) is 13.3 Å². The number of rotatable bonds is 4. The quantitative estimate of drug-likeness (QED) is 0.639. The molecule has 9 heteroatoms. The summed E-state index contributed by atoms with van der Waals surface area (Å²) >= 11 is 0. The molecule has 2 aliphatic heterocycles. The highest BCUT2D eigenvalue weighted by atomic mass is 16.7. The predicted molar refractivity (Wildman–Crippen MR) is 112 cm³/mol. The molecule has 2 aliphatic rings. The largest absolute Gasteiger partial charge is 0.454 e. The van der Waals surface area contributed by atoms with Crippen LogP contribution in [-0.4, -0.2) is 33.4 Å². The lowest BCUT2D eigenvalue weighted by molar-refractivity contribution is -0.131. The van der Waals surface area contributed by atoms with Crippen LogP contribution in [0, 0.1) is 18.3 Å². The third kappa shape index (κ3) is 2.88. The zero-order valence-electron chi connectivity index (χ0n) is 17.5. The molecule has 5 rings (SSSR count). The van der Waals surface area contributed by atoms with Crippen LogP contribution in [0.1, 0.15) is 29.4 Å². The minimum Gasteiger partial charge on any atom is -0.454 e. The Morgan fingerprint density at radius 1 is 1.16 bits per heavy atom. The van der Waals surface area contributed by atoms with E-state index in [1.807, 2.05) is 30.3 Å². The molecule has 160 valence electrons. The van der Waals surface area contributed by atoms with E-state index in [0.29, 0.717) is 34.0 Å². The van der Waals surface area contributed by atoms with Gasteiger partial charge in [0.15, 0.2) is 11.5 Å². The van der Waals surface area contributed by atoms with E-state index in [2.05, 4.69) is 16.5 Å². The summed E-state index contributed by atoms with van der Waals surface area (Å²) in [6.45, 7) is 3.39. The minimum absolute atomic E-state index is 0.0938. The Balaban J connectivity index is 1.52. The third-order valence-electron chi connectivity index (χ3n) is 5.80. The number of ether oxygens (including phenoxy) is 2. The summed E-state index contributed by atoms with van der Waals surface area (Å²) in [5.41, 5.74) is 1.36. The Bertz CT molecular complexity index is 1290. The molecular weight excluding hydrogens is 410 g/mol. The van der Waals surface area contributed by atoms with Gasteiger partial charge in [-0.25, -0.2) is 9.48 Å². The molecule has 3 heterocycles. The number of nitriles is 1. The molecule has 3 amide bonds. The van der Waals surface area contributed by atoms with Crippen LogP contribution >= 0.6 is 0 Å². The lowest BCUT2D eigenvalue weighted by atomic mass is 9.91. The first kappa shape index (κ1) is 19.6. The van der Waals surface area contributed by atoms with Gasteiger partial charge in [0.2, 0.25) is 6.79 Å². The van der Waals surface area contributed by atoms with Crippen LogP contribution in [0.4, 0.5) is 4.79 Å². The van der Waals surface area contributed by atoms with Crippen molar-refractivity contribution in [1.29, 1.82) is 5.26 Å². The van der Waals surface area contributed by atoms with Crippen molar-refractivity contribution in [2.75, 3.05) is 6.79 Å². The van der Waals surface area contributed by atoms with Crippen molar-refractivity contribution < 1.29 is 19.1 Å². The SMILES string of the molecule is Cc1nn(-c2ccccc2)c(CN2C(=O)N[C@](C)(c3ccc4c(c3)OCO4)C2=O)c1C#N. The highest BCUT2D eigenvalue weighted by Gasteiger charge is 2.49. The fourth-order valence-electron chi connectivity index (χ4n) is 4.04. The van der Waals surface area contributed by atoms with E-state index in [0.717, 1.165) is 10.6 Å². The van der Waals surface area contributed by atoms with E-state index in [1.165, 1.54) is 0 Å². The molecule has 2 aromatic carbocycles. The van der Waals surface area contributed by atoms with E-state index < -0.39 is 17.5 Å². The number of hydrogen-bond donors (Lipinski definition) is 1. The number of carbonyl (C=O) groups excluding carboxylic acids is 2. The summed E-state index contributed by atoms with van der Waals surface area (Å²) in [6, 6.07) is 16.0. The van der Waals surface area contributed by atoms with E-state index in [1.54, 1.807) is 36.7 Å². The molecule has 1 N–H and O–H groups in total. The number of aromatic nitrogens is 2. The smallest absolute Gasteiger partial charge is 0.325 e. The average Bonchev–Trinajstić information content (AvgIpc) is 3.45. The second kappa shape index (κ2) is 7.13. The molecule has 9 nitrogen and oxygen atoms in total. The van der Waals surface area contributed by atoms with Crippen molar-refractivity contribution in [2.24, 2.45) is 0 Å². The van der Waals surface area contributed by atoms with Crippen molar-refractivity contribution in [3.63, 3.8) is 0 Å². The van der Waals surface area contributed by atoms with Gasteiger partial charge in [0.05, 0.1) is 29.2 Å². The molecule has 1 saturated heterocycles. The van der Waals surface area contributed by atoms with Crippen molar-refractivity contribution in [3.8, 4) is 23.3 Å². The molecule has 1 fully saturated rings. The Morgan fingerprint density at radius 2 is 1.91 bits per heavy atom. The summed E-state index contributed by atoms with van der Waals surface area (Å²) < 4.78 is 12.4. The van der Waals surface area contributed by atoms with E-state index in [9.17, 15) is 14.9 Å². The molecule has 0 bridgehead atoms. The zero-order chi connectivity index (χ0) is 22.5. The van der Waals surface area contributed by atoms with Crippen LogP contribution < -0.4 is 14.8 Å². The zero-order valence-corrected chi connectivity index (χ0v) is 17.5. The fourth-order valence-corrected chi connectivity index (χ4v) is 4.04. The first-order valence-corrected chi connectivity index (χ1v) is 10.0. The van der Waals surface area contributed by atoms with Gasteiger partial charge in [-0.2, -0.15) is 10.4 Å². The maximum Gasteiger partial charge on any atom is 0.325 e. The van der Waals surface area contributed by atoms with Crippen LogP contribution in [0.5, 0.6) is 11.5 Å². The Labute approximate surface area is 183 Å². The second-order valence-corrected chi connectivity index (χ2v) is 7.78. The molecule has 0 saturated carbocycles. The number of carbonyl (C=O) groups is 2. The fraction of sp³-hybridized carbons (Fsp3) is 0.217. The molecule has 1 aromatic heterocycles. The van der Waals surface area contributed by atoms with E-state index in [4.69, 9.17) is 9.47 Å². The first-order valence-electron chi connectivity index (χ1n) is 10.0. The number of amides is 3. The van der Waals surface area contributed by atoms with E-state index >= 15 is 0 Å². The number of urea groups is 1. The van der Waals surface area contributed by atoms with Gasteiger partial charge in [0, 0.05) is 0 Å². The number of nitrogens with one attached hydrogen (secondary N) is 1. The molecule has 0 radical (unpaired) electrons. The number of hydrogen-bond acceptors (Lipinski definition) is 6. The Kier molecular flexibility index (Phi) is 4.37. The van der Waals surface area contributed by atoms with Crippen molar-refractivity contribution in [2.45, 2.75) is 25.9 Å². The number of para-hydroxylation sites is 1. The second-order valence-electron chi connectivity index (χ2n) is 7.78. The average molecular weight is 429 g/mol. The van der Waals surface area contributed by atoms with Crippen LogP contribution in [-0.2, 0) is 16.9 Å². The predicted octanol–water partition coefficient (Wildman–Crippen LogP) is 2.75. The number of benzene rings is 2. The Morgan fingerprint density at radius 3 is 2.66 bits per heavy atom. The summed E-state index contributed by atoms with van der Waals surface area (Å²) in [6.07, 6.45) is 0. The van der Waals surface area contributed by atoms with Gasteiger partial charge in [-0.05, 0) is 43.7 Å². The van der Waals surface area contributed by atoms with Crippen molar-refractivity contribution in [3.05, 3.63) is 71.0 Å². The molecule has 32 heavy (non-hydrogen) atoms. The number of aryl methyl sites for hydroxylation is 1. The van der Waals surface area contributed by atoms with Crippen molar-refractivity contribution in [1.82, 2.24) is 20.0 Å². The topological polar surface area (TPSA) is 109 Å². The van der Waals surface area contributed by atoms with Gasteiger partial charge < -0.3 is 14.8 Å². The van der Waals surface area contributed by atoms with Gasteiger partial charge in [-0.1, -0.05) is 24.3 Å². The minimum atomic E-state index is -1.28. The normalized spacial score (nSPS) is 19.2. The van der Waals surface area contributed by atoms with Crippen LogP contribution in [0.3, 0.4) is 0 Å². The monoisotopic (exact) mass is 429 g/mol. The molecule has 0 unspecified atom stereocenters. The lowest BCUT2D eigenvalue weighted by Crippen LogP contribution is -2.40. The molecular formula is C23H19N5O4. The van der Waals surface area contributed by atoms with Gasteiger partial charge in [-0.15, -0.1) is 0 Å². The molecule has 0 aliphatic carbocycles. The molecule has 3 aromatic rings. The number of imide groups is 1. The van der Waals surface area contributed by atoms with Gasteiger partial charge in [-0.3, -0.25) is 9.69 Å². The highest BCUT2D eigenvalue weighted by molar-refractivity contribution is 6.07. The molecule has 0 spiro atoms. The highest BCUT2D eigenvalue weighted by Crippen LogP contribution is 2.38. The summed E-state index contributed by atoms with van der Waals surface area (Å²) in [5, 5.41) is 17.0. The summed E-state index contributed by atoms with van der Waals surface area (Å²) in [5.74, 6) is 0.685. The van der Waals surface area contributed by atoms with Crippen LogP contribution in [0.2, 0.25) is 0 Å². The standard InChI is InChI=1S/C23H19N5O4/c1-14-17(11-24)18(28(26-14)16-6-4-3-5-7-16)12-27-21(29)23(2,25-22(27)30)15-8-9-19-20(10-15)32-13-31-19/h3-10H,12-13H2,1-2H3,(H,25,30)/t23-/m1/s1. The maximum absolute atomic E-state index is 13.5. The lowest BCUT2D eigenvalue weighted by Gasteiger charge is -2.22. The number of fused-ring (bicyclic) bond motifs is 1. The van der Waals surface area contributed by atoms with Crippen LogP contribution in [0.25, 0.3) is 5.69 Å². The Hall–Kier alpha value is -4.32. The summed E-state index contributed by atoms with van der Waals surface area (Å²) in [4.78, 5) is 27.5. The van der Waals surface area contributed by atoms with Crippen molar-refractivity contribution >= 4 is 11.9 Å². The number of nitrogens with zero attached hydrogens (tertiary/aromatic N) is 4. The summed E-state index contributed by atoms with van der Waals surface area (Å²) in [7, 11) is 0. The van der Waals surface area contributed by atoms with Crippen LogP contribution in [0.15, 0.2) is 48.5 Å². The third-order valence-corrected chi connectivity index (χ3v) is 5.80. The molecule has 1 atom stereocenters. The first-order chi connectivity index (χ1) is 15.4. The maximum atomic E-state index is 13.5. The van der Waals surface area contributed by atoms with Gasteiger partial charge in [0.1, 0.15) is 11.6 Å². The van der Waals surface area contributed by atoms with Gasteiger partial charge in [0.25, 0.3) is 5.91 Å². The van der Waals surface area contributed by atoms with Gasteiger partial charge >= 0.3 is 6.03 Å².